The molecular formula is C18H16Cl2F2N2O. The lowest BCUT2D eigenvalue weighted by Crippen LogP contribution is -2.55. The van der Waals surface area contributed by atoms with E-state index in [-0.39, 0.29) is 18.0 Å². The average Bonchev–Trinajstić information content (AvgIpc) is 2.58. The zero-order valence-electron chi connectivity index (χ0n) is 13.5. The Bertz CT molecular complexity index is 795. The van der Waals surface area contributed by atoms with Gasteiger partial charge < -0.3 is 4.90 Å². The highest BCUT2D eigenvalue weighted by molar-refractivity contribution is 6.42. The van der Waals surface area contributed by atoms with Crippen LogP contribution in [0.3, 0.4) is 0 Å². The fourth-order valence-corrected chi connectivity index (χ4v) is 3.22. The first-order valence-corrected chi connectivity index (χ1v) is 8.57. The number of anilines is 1. The number of rotatable bonds is 3. The molecule has 1 heterocycles. The van der Waals surface area contributed by atoms with Gasteiger partial charge in [0.05, 0.1) is 16.1 Å². The standard InChI is InChI=1S/C18H16Cl2F2N2O/c1-11-18(25)24(12-5-6-14(19)15(20)9-12)8-7-23(11)10-13-16(21)3-2-4-17(13)22/h2-6,9,11H,7-8,10H2,1H3. The summed E-state index contributed by atoms with van der Waals surface area (Å²) in [6.07, 6.45) is 0. The van der Waals surface area contributed by atoms with Crippen molar-refractivity contribution in [3.63, 3.8) is 0 Å². The minimum Gasteiger partial charge on any atom is -0.310 e. The second-order valence-corrected chi connectivity index (χ2v) is 6.75. The highest BCUT2D eigenvalue weighted by Gasteiger charge is 2.33. The third-order valence-electron chi connectivity index (χ3n) is 4.42. The van der Waals surface area contributed by atoms with E-state index in [9.17, 15) is 13.6 Å². The Labute approximate surface area is 154 Å². The van der Waals surface area contributed by atoms with Crippen LogP contribution in [0.5, 0.6) is 0 Å². The third-order valence-corrected chi connectivity index (χ3v) is 5.16. The normalized spacial score (nSPS) is 18.7. The summed E-state index contributed by atoms with van der Waals surface area (Å²) in [6, 6.07) is 8.25. The van der Waals surface area contributed by atoms with Crippen LogP contribution >= 0.6 is 23.2 Å². The fourth-order valence-electron chi connectivity index (χ4n) is 2.93. The second-order valence-electron chi connectivity index (χ2n) is 5.93. The topological polar surface area (TPSA) is 23.6 Å². The number of carbonyl (C=O) groups is 1. The van der Waals surface area contributed by atoms with E-state index >= 15 is 0 Å². The number of halogens is 4. The predicted octanol–water partition coefficient (Wildman–Crippen LogP) is 4.51. The van der Waals surface area contributed by atoms with Gasteiger partial charge in [-0.1, -0.05) is 29.3 Å². The maximum atomic E-state index is 13.9. The molecule has 1 amide bonds. The molecule has 2 aromatic rings. The highest BCUT2D eigenvalue weighted by Crippen LogP contribution is 2.29. The molecule has 0 aliphatic carbocycles. The molecule has 0 bridgehead atoms. The van der Waals surface area contributed by atoms with Crippen molar-refractivity contribution in [2.45, 2.75) is 19.5 Å². The number of piperazine rings is 1. The molecule has 1 fully saturated rings. The van der Waals surface area contributed by atoms with Crippen LogP contribution in [0.15, 0.2) is 36.4 Å². The zero-order chi connectivity index (χ0) is 18.1. The van der Waals surface area contributed by atoms with E-state index in [1.54, 1.807) is 34.9 Å². The number of benzene rings is 2. The Hall–Kier alpha value is -1.69. The smallest absolute Gasteiger partial charge is 0.244 e. The fraction of sp³-hybridized carbons (Fsp3) is 0.278. The van der Waals surface area contributed by atoms with Crippen LogP contribution in [0.1, 0.15) is 12.5 Å². The monoisotopic (exact) mass is 384 g/mol. The summed E-state index contributed by atoms with van der Waals surface area (Å²) in [5.41, 5.74) is 0.633. The van der Waals surface area contributed by atoms with Gasteiger partial charge in [0.2, 0.25) is 5.91 Å². The minimum absolute atomic E-state index is 0.0230. The molecule has 0 N–H and O–H groups in total. The number of hydrogen-bond donors (Lipinski definition) is 0. The molecule has 132 valence electrons. The predicted molar refractivity (Wildman–Crippen MR) is 95.0 cm³/mol. The minimum atomic E-state index is -0.605. The number of hydrogen-bond acceptors (Lipinski definition) is 2. The van der Waals surface area contributed by atoms with Gasteiger partial charge in [-0.25, -0.2) is 8.78 Å². The summed E-state index contributed by atoms with van der Waals surface area (Å²) in [6.45, 7) is 2.66. The van der Waals surface area contributed by atoms with Crippen LogP contribution in [-0.4, -0.2) is 29.9 Å². The molecule has 7 heteroatoms. The van der Waals surface area contributed by atoms with E-state index in [0.29, 0.717) is 28.8 Å². The molecule has 0 saturated carbocycles. The van der Waals surface area contributed by atoms with Gasteiger partial charge in [-0.15, -0.1) is 0 Å². The molecule has 0 radical (unpaired) electrons. The third kappa shape index (κ3) is 3.64. The van der Waals surface area contributed by atoms with Crippen molar-refractivity contribution < 1.29 is 13.6 Å². The first-order valence-electron chi connectivity index (χ1n) is 7.82. The summed E-state index contributed by atoms with van der Waals surface area (Å²) in [5.74, 6) is -1.36. The average molecular weight is 385 g/mol. The van der Waals surface area contributed by atoms with Gasteiger partial charge in [-0.3, -0.25) is 9.69 Å². The van der Waals surface area contributed by atoms with Crippen LogP contribution in [-0.2, 0) is 11.3 Å². The Balaban J connectivity index is 1.78. The van der Waals surface area contributed by atoms with Crippen molar-refractivity contribution in [2.24, 2.45) is 0 Å². The largest absolute Gasteiger partial charge is 0.310 e. The molecule has 0 aromatic heterocycles. The summed E-state index contributed by atoms with van der Waals surface area (Å²) >= 11 is 11.9. The van der Waals surface area contributed by atoms with Gasteiger partial charge in [-0.05, 0) is 37.3 Å². The van der Waals surface area contributed by atoms with Gasteiger partial charge in [0, 0.05) is 30.9 Å². The molecular weight excluding hydrogens is 369 g/mol. The Morgan fingerprint density at radius 2 is 1.76 bits per heavy atom. The van der Waals surface area contributed by atoms with E-state index in [1.807, 2.05) is 0 Å². The highest BCUT2D eigenvalue weighted by atomic mass is 35.5. The quantitative estimate of drug-likeness (QED) is 0.777. The van der Waals surface area contributed by atoms with Gasteiger partial charge in [0.15, 0.2) is 0 Å². The molecule has 3 nitrogen and oxygen atoms in total. The number of amides is 1. The van der Waals surface area contributed by atoms with Crippen molar-refractivity contribution in [2.75, 3.05) is 18.0 Å². The molecule has 3 rings (SSSR count). The summed E-state index contributed by atoms with van der Waals surface area (Å²) in [4.78, 5) is 16.1. The number of nitrogens with zero attached hydrogens (tertiary/aromatic N) is 2. The van der Waals surface area contributed by atoms with E-state index < -0.39 is 17.7 Å². The molecule has 1 saturated heterocycles. The maximum absolute atomic E-state index is 13.9. The lowest BCUT2D eigenvalue weighted by atomic mass is 10.1. The molecule has 1 atom stereocenters. The van der Waals surface area contributed by atoms with E-state index in [1.165, 1.54) is 18.2 Å². The summed E-state index contributed by atoms with van der Waals surface area (Å²) < 4.78 is 27.7. The molecule has 25 heavy (non-hydrogen) atoms. The molecule has 2 aromatic carbocycles. The SMILES string of the molecule is CC1C(=O)N(c2ccc(Cl)c(Cl)c2)CCN1Cc1c(F)cccc1F. The lowest BCUT2D eigenvalue weighted by Gasteiger charge is -2.39. The van der Waals surface area contributed by atoms with Crippen LogP contribution in [0, 0.1) is 11.6 Å². The van der Waals surface area contributed by atoms with Crippen molar-refractivity contribution in [1.29, 1.82) is 0 Å². The number of carbonyl (C=O) groups excluding carboxylic acids is 1. The van der Waals surface area contributed by atoms with Crippen molar-refractivity contribution in [3.05, 3.63) is 63.6 Å². The summed E-state index contributed by atoms with van der Waals surface area (Å²) in [5, 5.41) is 0.787. The zero-order valence-corrected chi connectivity index (χ0v) is 15.0. The van der Waals surface area contributed by atoms with E-state index in [0.717, 1.165) is 0 Å². The van der Waals surface area contributed by atoms with Gasteiger partial charge in [-0.2, -0.15) is 0 Å². The molecule has 1 aliphatic rings. The molecule has 0 spiro atoms. The van der Waals surface area contributed by atoms with Gasteiger partial charge in [0.25, 0.3) is 0 Å². The second kappa shape index (κ2) is 7.28. The Morgan fingerprint density at radius 1 is 1.08 bits per heavy atom. The Morgan fingerprint density at radius 3 is 2.40 bits per heavy atom. The van der Waals surface area contributed by atoms with Crippen LogP contribution in [0.25, 0.3) is 0 Å². The van der Waals surface area contributed by atoms with E-state index in [4.69, 9.17) is 23.2 Å². The molecule has 1 aliphatic heterocycles. The van der Waals surface area contributed by atoms with Crippen molar-refractivity contribution in [1.82, 2.24) is 4.90 Å². The Kier molecular flexibility index (Phi) is 5.27. The molecule has 1 unspecified atom stereocenters. The van der Waals surface area contributed by atoms with Crippen molar-refractivity contribution >= 4 is 34.8 Å². The van der Waals surface area contributed by atoms with Gasteiger partial charge >= 0.3 is 0 Å². The first kappa shape index (κ1) is 18.1. The van der Waals surface area contributed by atoms with Crippen molar-refractivity contribution in [3.8, 4) is 0 Å². The van der Waals surface area contributed by atoms with Crippen LogP contribution in [0.4, 0.5) is 14.5 Å². The first-order chi connectivity index (χ1) is 11.9. The lowest BCUT2D eigenvalue weighted by molar-refractivity contribution is -0.125. The van der Waals surface area contributed by atoms with Crippen LogP contribution in [0.2, 0.25) is 10.0 Å². The van der Waals surface area contributed by atoms with Gasteiger partial charge in [0.1, 0.15) is 11.6 Å². The summed E-state index contributed by atoms with van der Waals surface area (Å²) in [7, 11) is 0. The van der Waals surface area contributed by atoms with Crippen LogP contribution < -0.4 is 4.90 Å². The maximum Gasteiger partial charge on any atom is 0.244 e. The van der Waals surface area contributed by atoms with E-state index in [2.05, 4.69) is 0 Å².